The average molecular weight is 318 g/mol. The van der Waals surface area contributed by atoms with Crippen LogP contribution in [0.1, 0.15) is 62.9 Å². The standard InChI is InChI=1S/C18H30N4O/c1-4-17(18(23)19-15-8-6-5-7-9-15)21-11-16(12-21)22-14(3)10-13(2)20-22/h10,15-17H,4-9,11-12H2,1-3H3,(H,19,23)/t17-/m0/s1. The number of nitrogens with one attached hydrogen (secondary N) is 1. The predicted molar refractivity (Wildman–Crippen MR) is 91.4 cm³/mol. The molecule has 1 aromatic rings. The van der Waals surface area contributed by atoms with E-state index in [9.17, 15) is 4.79 Å². The zero-order chi connectivity index (χ0) is 16.4. The Balaban J connectivity index is 1.53. The lowest BCUT2D eigenvalue weighted by molar-refractivity contribution is -0.130. The Bertz CT molecular complexity index is 541. The molecule has 1 aliphatic heterocycles. The molecule has 0 bridgehead atoms. The van der Waals surface area contributed by atoms with Crippen molar-refractivity contribution < 1.29 is 4.79 Å². The summed E-state index contributed by atoms with van der Waals surface area (Å²) in [4.78, 5) is 14.9. The largest absolute Gasteiger partial charge is 0.352 e. The maximum Gasteiger partial charge on any atom is 0.237 e. The van der Waals surface area contributed by atoms with Gasteiger partial charge in [0.2, 0.25) is 5.91 Å². The molecule has 1 saturated carbocycles. The van der Waals surface area contributed by atoms with E-state index in [1.165, 1.54) is 25.0 Å². The minimum atomic E-state index is 0.0186. The summed E-state index contributed by atoms with van der Waals surface area (Å²) in [6, 6.07) is 2.96. The topological polar surface area (TPSA) is 50.2 Å². The summed E-state index contributed by atoms with van der Waals surface area (Å²) in [5, 5.41) is 7.87. The van der Waals surface area contributed by atoms with Crippen LogP contribution in [0.25, 0.3) is 0 Å². The number of hydrogen-bond donors (Lipinski definition) is 1. The molecular weight excluding hydrogens is 288 g/mol. The van der Waals surface area contributed by atoms with Gasteiger partial charge >= 0.3 is 0 Å². The fourth-order valence-electron chi connectivity index (χ4n) is 4.07. The molecule has 3 rings (SSSR count). The molecule has 5 nitrogen and oxygen atoms in total. The van der Waals surface area contributed by atoms with Gasteiger partial charge in [0.1, 0.15) is 0 Å². The monoisotopic (exact) mass is 318 g/mol. The molecule has 0 spiro atoms. The molecule has 2 aliphatic rings. The number of rotatable bonds is 5. The van der Waals surface area contributed by atoms with Gasteiger partial charge in [0.25, 0.3) is 0 Å². The number of carbonyl (C=O) groups is 1. The third-order valence-corrected chi connectivity index (χ3v) is 5.36. The van der Waals surface area contributed by atoms with Gasteiger partial charge in [-0.1, -0.05) is 26.2 Å². The lowest BCUT2D eigenvalue weighted by Gasteiger charge is -2.44. The first-order valence-corrected chi connectivity index (χ1v) is 9.15. The minimum absolute atomic E-state index is 0.0186. The third kappa shape index (κ3) is 3.60. The van der Waals surface area contributed by atoms with Crippen molar-refractivity contribution >= 4 is 5.91 Å². The van der Waals surface area contributed by atoms with E-state index in [1.54, 1.807) is 0 Å². The molecule has 5 heteroatoms. The highest BCUT2D eigenvalue weighted by molar-refractivity contribution is 5.82. The molecule has 0 unspecified atom stereocenters. The van der Waals surface area contributed by atoms with Gasteiger partial charge in [-0.15, -0.1) is 0 Å². The van der Waals surface area contributed by atoms with E-state index in [0.29, 0.717) is 12.1 Å². The van der Waals surface area contributed by atoms with Crippen molar-refractivity contribution in [3.8, 4) is 0 Å². The van der Waals surface area contributed by atoms with Crippen LogP contribution >= 0.6 is 0 Å². The van der Waals surface area contributed by atoms with Crippen LogP contribution in [-0.2, 0) is 4.79 Å². The van der Waals surface area contributed by atoms with E-state index in [2.05, 4.69) is 39.9 Å². The smallest absolute Gasteiger partial charge is 0.237 e. The van der Waals surface area contributed by atoms with Gasteiger partial charge in [-0.25, -0.2) is 0 Å². The van der Waals surface area contributed by atoms with Crippen molar-refractivity contribution in [3.63, 3.8) is 0 Å². The molecule has 2 heterocycles. The minimum Gasteiger partial charge on any atom is -0.352 e. The summed E-state index contributed by atoms with van der Waals surface area (Å²) in [5.74, 6) is 0.228. The highest BCUT2D eigenvalue weighted by Crippen LogP contribution is 2.26. The Kier molecular flexibility index (Phi) is 5.05. The second-order valence-corrected chi connectivity index (χ2v) is 7.25. The molecule has 23 heavy (non-hydrogen) atoms. The molecule has 0 aromatic carbocycles. The zero-order valence-electron chi connectivity index (χ0n) is 14.7. The van der Waals surface area contributed by atoms with Crippen LogP contribution in [0.4, 0.5) is 0 Å². The Hall–Kier alpha value is -1.36. The molecular formula is C18H30N4O. The second kappa shape index (κ2) is 7.04. The maximum atomic E-state index is 12.6. The van der Waals surface area contributed by atoms with Gasteiger partial charge in [0.15, 0.2) is 0 Å². The number of aromatic nitrogens is 2. The van der Waals surface area contributed by atoms with Gasteiger partial charge < -0.3 is 5.32 Å². The normalized spacial score (nSPS) is 21.9. The Morgan fingerprint density at radius 1 is 1.30 bits per heavy atom. The molecule has 1 N–H and O–H groups in total. The average Bonchev–Trinajstić information content (AvgIpc) is 2.81. The van der Waals surface area contributed by atoms with E-state index in [0.717, 1.165) is 38.0 Å². The maximum absolute atomic E-state index is 12.6. The summed E-state index contributed by atoms with van der Waals surface area (Å²) in [6.45, 7) is 8.11. The molecule has 1 aromatic heterocycles. The molecule has 1 aliphatic carbocycles. The summed E-state index contributed by atoms with van der Waals surface area (Å²) < 4.78 is 2.12. The van der Waals surface area contributed by atoms with Gasteiger partial charge in [0.05, 0.1) is 17.8 Å². The fraction of sp³-hybridized carbons (Fsp3) is 0.778. The van der Waals surface area contributed by atoms with Crippen LogP contribution < -0.4 is 5.32 Å². The van der Waals surface area contributed by atoms with Crippen molar-refractivity contribution in [2.75, 3.05) is 13.1 Å². The van der Waals surface area contributed by atoms with Gasteiger partial charge in [-0.05, 0) is 39.2 Å². The SMILES string of the molecule is CC[C@@H](C(=O)NC1CCCCC1)N1CC(n2nc(C)cc2C)C1. The first-order chi connectivity index (χ1) is 11.1. The van der Waals surface area contributed by atoms with E-state index in [-0.39, 0.29) is 11.9 Å². The van der Waals surface area contributed by atoms with Crippen molar-refractivity contribution in [1.82, 2.24) is 20.0 Å². The highest BCUT2D eigenvalue weighted by atomic mass is 16.2. The molecule has 2 fully saturated rings. The lowest BCUT2D eigenvalue weighted by Crippen LogP contribution is -2.58. The van der Waals surface area contributed by atoms with E-state index in [1.807, 2.05) is 6.92 Å². The van der Waals surface area contributed by atoms with Crippen LogP contribution in [-0.4, -0.2) is 45.8 Å². The lowest BCUT2D eigenvalue weighted by atomic mass is 9.95. The quantitative estimate of drug-likeness (QED) is 0.908. The van der Waals surface area contributed by atoms with Crippen LogP contribution in [0, 0.1) is 13.8 Å². The van der Waals surface area contributed by atoms with Crippen LogP contribution in [0.15, 0.2) is 6.07 Å². The first kappa shape index (κ1) is 16.5. The van der Waals surface area contributed by atoms with Gasteiger partial charge in [-0.3, -0.25) is 14.4 Å². The van der Waals surface area contributed by atoms with Crippen LogP contribution in [0.3, 0.4) is 0 Å². The third-order valence-electron chi connectivity index (χ3n) is 5.36. The van der Waals surface area contributed by atoms with Crippen molar-refractivity contribution in [1.29, 1.82) is 0 Å². The van der Waals surface area contributed by atoms with E-state index >= 15 is 0 Å². The van der Waals surface area contributed by atoms with Crippen LogP contribution in [0.5, 0.6) is 0 Å². The Morgan fingerprint density at radius 3 is 2.57 bits per heavy atom. The summed E-state index contributed by atoms with van der Waals surface area (Å²) in [7, 11) is 0. The number of likely N-dealkylation sites (tertiary alicyclic amines) is 1. The van der Waals surface area contributed by atoms with Crippen molar-refractivity contribution in [2.45, 2.75) is 77.4 Å². The molecule has 1 amide bonds. The number of nitrogens with zero attached hydrogens (tertiary/aromatic N) is 3. The second-order valence-electron chi connectivity index (χ2n) is 7.25. The van der Waals surface area contributed by atoms with E-state index < -0.39 is 0 Å². The molecule has 1 atom stereocenters. The van der Waals surface area contributed by atoms with Gasteiger partial charge in [0, 0.05) is 24.8 Å². The van der Waals surface area contributed by atoms with Crippen LogP contribution in [0.2, 0.25) is 0 Å². The number of aryl methyl sites for hydroxylation is 2. The first-order valence-electron chi connectivity index (χ1n) is 9.15. The highest BCUT2D eigenvalue weighted by Gasteiger charge is 2.37. The zero-order valence-corrected chi connectivity index (χ0v) is 14.7. The van der Waals surface area contributed by atoms with Crippen molar-refractivity contribution in [3.05, 3.63) is 17.5 Å². The number of carbonyl (C=O) groups excluding carboxylic acids is 1. The Morgan fingerprint density at radius 2 is 2.00 bits per heavy atom. The molecule has 0 radical (unpaired) electrons. The number of hydrogen-bond acceptors (Lipinski definition) is 3. The molecule has 128 valence electrons. The predicted octanol–water partition coefficient (Wildman–Crippen LogP) is 2.58. The summed E-state index contributed by atoms with van der Waals surface area (Å²) in [6.07, 6.45) is 7.01. The summed E-state index contributed by atoms with van der Waals surface area (Å²) in [5.41, 5.74) is 2.29. The van der Waals surface area contributed by atoms with Crippen molar-refractivity contribution in [2.24, 2.45) is 0 Å². The van der Waals surface area contributed by atoms with E-state index in [4.69, 9.17) is 0 Å². The Labute approximate surface area is 139 Å². The summed E-state index contributed by atoms with van der Waals surface area (Å²) >= 11 is 0. The molecule has 1 saturated heterocycles. The number of amides is 1. The fourth-order valence-corrected chi connectivity index (χ4v) is 4.07. The van der Waals surface area contributed by atoms with Gasteiger partial charge in [-0.2, -0.15) is 5.10 Å².